The van der Waals surface area contributed by atoms with Gasteiger partial charge in [-0.25, -0.2) is 5.01 Å². The molecule has 0 atom stereocenters. The normalized spacial score (nSPS) is 21.2. The number of hydrogen-bond acceptors (Lipinski definition) is 3. The minimum Gasteiger partial charge on any atom is -0.314 e. The molecule has 0 aromatic heterocycles. The van der Waals surface area contributed by atoms with Gasteiger partial charge in [-0.3, -0.25) is 9.80 Å². The van der Waals surface area contributed by atoms with Crippen LogP contribution in [0.2, 0.25) is 0 Å². The highest BCUT2D eigenvalue weighted by Gasteiger charge is 2.31. The third kappa shape index (κ3) is 1.50. The average molecular weight is 217 g/mol. The van der Waals surface area contributed by atoms with Crippen molar-refractivity contribution in [2.45, 2.75) is 6.54 Å². The maximum absolute atomic E-state index is 12.2. The van der Waals surface area contributed by atoms with Crippen molar-refractivity contribution in [3.05, 3.63) is 35.4 Å². The molecule has 0 bridgehead atoms. The van der Waals surface area contributed by atoms with Crippen molar-refractivity contribution in [3.8, 4) is 0 Å². The highest BCUT2D eigenvalue weighted by molar-refractivity contribution is 5.97. The van der Waals surface area contributed by atoms with Crippen LogP contribution in [-0.4, -0.2) is 42.1 Å². The Balaban J connectivity index is 1.83. The van der Waals surface area contributed by atoms with Crippen molar-refractivity contribution in [2.75, 3.05) is 26.2 Å². The molecule has 0 saturated carbocycles. The summed E-state index contributed by atoms with van der Waals surface area (Å²) in [5, 5.41) is 7.33. The largest absolute Gasteiger partial charge is 0.314 e. The Labute approximate surface area is 94.8 Å². The molecule has 1 aromatic rings. The second-order valence-electron chi connectivity index (χ2n) is 4.22. The fourth-order valence-electron chi connectivity index (χ4n) is 2.36. The fourth-order valence-corrected chi connectivity index (χ4v) is 2.36. The SMILES string of the molecule is O=C1c2ccccc2CN1N1CCNCC1. The number of fused-ring (bicyclic) bond motifs is 1. The second-order valence-corrected chi connectivity index (χ2v) is 4.22. The van der Waals surface area contributed by atoms with Crippen molar-refractivity contribution in [1.82, 2.24) is 15.3 Å². The summed E-state index contributed by atoms with van der Waals surface area (Å²) in [6.07, 6.45) is 0. The molecule has 1 fully saturated rings. The molecule has 4 heteroatoms. The zero-order valence-electron chi connectivity index (χ0n) is 9.15. The van der Waals surface area contributed by atoms with Gasteiger partial charge in [0.1, 0.15) is 0 Å². The van der Waals surface area contributed by atoms with Gasteiger partial charge in [-0.1, -0.05) is 18.2 Å². The van der Waals surface area contributed by atoms with Crippen LogP contribution >= 0.6 is 0 Å². The lowest BCUT2D eigenvalue weighted by molar-refractivity contribution is -0.0162. The van der Waals surface area contributed by atoms with Crippen LogP contribution in [0.4, 0.5) is 0 Å². The van der Waals surface area contributed by atoms with E-state index in [2.05, 4.69) is 10.3 Å². The van der Waals surface area contributed by atoms with E-state index in [4.69, 9.17) is 0 Å². The van der Waals surface area contributed by atoms with Crippen LogP contribution in [0.25, 0.3) is 0 Å². The third-order valence-electron chi connectivity index (χ3n) is 3.24. The number of carbonyl (C=O) groups excluding carboxylic acids is 1. The van der Waals surface area contributed by atoms with Gasteiger partial charge in [0.05, 0.1) is 6.54 Å². The van der Waals surface area contributed by atoms with Crippen LogP contribution in [0.3, 0.4) is 0 Å². The molecule has 1 N–H and O–H groups in total. The number of amides is 1. The fraction of sp³-hybridized carbons (Fsp3) is 0.417. The highest BCUT2D eigenvalue weighted by Crippen LogP contribution is 2.23. The zero-order valence-corrected chi connectivity index (χ0v) is 9.15. The van der Waals surface area contributed by atoms with E-state index in [1.54, 1.807) is 0 Å². The summed E-state index contributed by atoms with van der Waals surface area (Å²) in [6.45, 7) is 4.48. The number of nitrogens with one attached hydrogen (secondary N) is 1. The lowest BCUT2D eigenvalue weighted by Gasteiger charge is -2.34. The summed E-state index contributed by atoms with van der Waals surface area (Å²) < 4.78 is 0. The number of nitrogens with zero attached hydrogens (tertiary/aromatic N) is 2. The highest BCUT2D eigenvalue weighted by atomic mass is 16.2. The molecule has 0 aliphatic carbocycles. The summed E-state index contributed by atoms with van der Waals surface area (Å²) >= 11 is 0. The summed E-state index contributed by atoms with van der Waals surface area (Å²) in [7, 11) is 0. The van der Waals surface area contributed by atoms with Gasteiger partial charge in [0.2, 0.25) is 0 Å². The molecule has 1 aromatic carbocycles. The van der Waals surface area contributed by atoms with Gasteiger partial charge >= 0.3 is 0 Å². The van der Waals surface area contributed by atoms with Crippen LogP contribution < -0.4 is 5.32 Å². The van der Waals surface area contributed by atoms with Crippen molar-refractivity contribution in [1.29, 1.82) is 0 Å². The Morgan fingerprint density at radius 3 is 2.62 bits per heavy atom. The molecular formula is C12H15N3O. The standard InChI is InChI=1S/C12H15N3O/c16-12-11-4-2-1-3-10(11)9-15(12)14-7-5-13-6-8-14/h1-4,13H,5-9H2. The minimum atomic E-state index is 0.150. The first-order valence-corrected chi connectivity index (χ1v) is 5.71. The lowest BCUT2D eigenvalue weighted by Crippen LogP contribution is -2.52. The summed E-state index contributed by atoms with van der Waals surface area (Å²) in [5.41, 5.74) is 2.01. The number of benzene rings is 1. The van der Waals surface area contributed by atoms with Crippen molar-refractivity contribution in [2.24, 2.45) is 0 Å². The molecule has 3 rings (SSSR count). The molecule has 4 nitrogen and oxygen atoms in total. The number of hydrogen-bond donors (Lipinski definition) is 1. The predicted octanol–water partition coefficient (Wildman–Crippen LogP) is 0.463. The number of rotatable bonds is 1. The van der Waals surface area contributed by atoms with Crippen LogP contribution in [0, 0.1) is 0 Å². The maximum atomic E-state index is 12.2. The third-order valence-corrected chi connectivity index (χ3v) is 3.24. The first-order chi connectivity index (χ1) is 7.86. The molecule has 0 radical (unpaired) electrons. The number of hydrazine groups is 1. The van der Waals surface area contributed by atoms with Crippen molar-refractivity contribution < 1.29 is 4.79 Å². The van der Waals surface area contributed by atoms with E-state index in [9.17, 15) is 4.79 Å². The van der Waals surface area contributed by atoms with Crippen LogP contribution in [0.15, 0.2) is 24.3 Å². The first-order valence-electron chi connectivity index (χ1n) is 5.71. The molecule has 1 amide bonds. The van der Waals surface area contributed by atoms with Crippen LogP contribution in [0.1, 0.15) is 15.9 Å². The molecular weight excluding hydrogens is 202 g/mol. The van der Waals surface area contributed by atoms with Gasteiger partial charge in [-0.15, -0.1) is 0 Å². The zero-order chi connectivity index (χ0) is 11.0. The smallest absolute Gasteiger partial charge is 0.268 e. The molecule has 16 heavy (non-hydrogen) atoms. The van der Waals surface area contributed by atoms with Gasteiger partial charge in [0.25, 0.3) is 5.91 Å². The molecule has 1 saturated heterocycles. The van der Waals surface area contributed by atoms with E-state index in [1.807, 2.05) is 29.3 Å². The summed E-state index contributed by atoms with van der Waals surface area (Å²) in [6, 6.07) is 7.88. The Bertz CT molecular complexity index is 412. The second kappa shape index (κ2) is 3.88. The molecule has 84 valence electrons. The monoisotopic (exact) mass is 217 g/mol. The first kappa shape index (κ1) is 9.81. The summed E-state index contributed by atoms with van der Waals surface area (Å²) in [4.78, 5) is 12.2. The van der Waals surface area contributed by atoms with Gasteiger partial charge in [0, 0.05) is 31.7 Å². The van der Waals surface area contributed by atoms with E-state index < -0.39 is 0 Å². The van der Waals surface area contributed by atoms with Crippen LogP contribution in [0.5, 0.6) is 0 Å². The van der Waals surface area contributed by atoms with Gasteiger partial charge in [-0.05, 0) is 11.6 Å². The predicted molar refractivity (Wildman–Crippen MR) is 60.8 cm³/mol. The molecule has 2 aliphatic heterocycles. The number of piperazine rings is 1. The lowest BCUT2D eigenvalue weighted by atomic mass is 10.1. The van der Waals surface area contributed by atoms with Gasteiger partial charge < -0.3 is 5.32 Å². The Kier molecular flexibility index (Phi) is 2.38. The van der Waals surface area contributed by atoms with Crippen molar-refractivity contribution in [3.63, 3.8) is 0 Å². The number of carbonyl (C=O) groups is 1. The Morgan fingerprint density at radius 1 is 1.12 bits per heavy atom. The van der Waals surface area contributed by atoms with E-state index in [0.29, 0.717) is 0 Å². The van der Waals surface area contributed by atoms with Gasteiger partial charge in [0.15, 0.2) is 0 Å². The molecule has 0 spiro atoms. The topological polar surface area (TPSA) is 35.6 Å². The quantitative estimate of drug-likeness (QED) is 0.742. The Morgan fingerprint density at radius 2 is 1.88 bits per heavy atom. The van der Waals surface area contributed by atoms with Crippen LogP contribution in [-0.2, 0) is 6.54 Å². The Hall–Kier alpha value is -1.39. The van der Waals surface area contributed by atoms with E-state index >= 15 is 0 Å². The average Bonchev–Trinajstić information content (AvgIpc) is 2.69. The van der Waals surface area contributed by atoms with Crippen molar-refractivity contribution >= 4 is 5.91 Å². The van der Waals surface area contributed by atoms with E-state index in [1.165, 1.54) is 0 Å². The summed E-state index contributed by atoms with van der Waals surface area (Å²) in [5.74, 6) is 0.150. The minimum absolute atomic E-state index is 0.150. The van der Waals surface area contributed by atoms with E-state index in [0.717, 1.165) is 43.9 Å². The maximum Gasteiger partial charge on any atom is 0.268 e. The van der Waals surface area contributed by atoms with Gasteiger partial charge in [-0.2, -0.15) is 0 Å². The molecule has 2 aliphatic rings. The molecule has 2 heterocycles. The van der Waals surface area contributed by atoms with E-state index in [-0.39, 0.29) is 5.91 Å². The molecule has 0 unspecified atom stereocenters.